The van der Waals surface area contributed by atoms with E-state index in [0.29, 0.717) is 6.54 Å². The Kier molecular flexibility index (Phi) is 11.2. The summed E-state index contributed by atoms with van der Waals surface area (Å²) in [7, 11) is 0. The first kappa shape index (κ1) is 26.9. The number of aliphatic imine (C=N–C) groups is 1. The van der Waals surface area contributed by atoms with Gasteiger partial charge in [0.25, 0.3) is 0 Å². The summed E-state index contributed by atoms with van der Waals surface area (Å²) in [6.07, 6.45) is 3.58. The first-order valence-electron chi connectivity index (χ1n) is 12.1. The van der Waals surface area contributed by atoms with E-state index in [1.54, 1.807) is 0 Å². The third kappa shape index (κ3) is 8.21. The maximum absolute atomic E-state index is 12.3. The lowest BCUT2D eigenvalue weighted by atomic mass is 9.98. The number of guanidine groups is 1. The average molecular weight is 556 g/mol. The van der Waals surface area contributed by atoms with Crippen LogP contribution in [0, 0.1) is 11.8 Å². The molecule has 2 heterocycles. The van der Waals surface area contributed by atoms with Crippen molar-refractivity contribution in [3.63, 3.8) is 0 Å². The van der Waals surface area contributed by atoms with E-state index in [9.17, 15) is 4.79 Å². The number of carbonyl (C=O) groups is 1. The second-order valence-electron chi connectivity index (χ2n) is 9.54. The zero-order valence-electron chi connectivity index (χ0n) is 20.3. The van der Waals surface area contributed by atoms with Gasteiger partial charge in [0.1, 0.15) is 0 Å². The molecule has 1 aromatic carbocycles. The van der Waals surface area contributed by atoms with Crippen molar-refractivity contribution in [3.05, 3.63) is 35.4 Å². The summed E-state index contributed by atoms with van der Waals surface area (Å²) in [4.78, 5) is 21.6. The second kappa shape index (κ2) is 13.4. The fourth-order valence-corrected chi connectivity index (χ4v) is 4.43. The number of hydrogen-bond donors (Lipinski definition) is 2. The number of carbonyl (C=O) groups excluding carboxylic acids is 1. The topological polar surface area (TPSA) is 60.0 Å². The summed E-state index contributed by atoms with van der Waals surface area (Å²) in [6, 6.07) is 9.10. The number of benzene rings is 1. The average Bonchev–Trinajstić information content (AvgIpc) is 3.22. The third-order valence-electron chi connectivity index (χ3n) is 6.37. The van der Waals surface area contributed by atoms with Crippen molar-refractivity contribution in [3.8, 4) is 0 Å². The standard InChI is InChI=1S/C25H41N5O.HI/c1-5-26-25(28-23-11-14-30(18-23)24(31)19(2)3)27-16-21-7-6-8-22(15-21)17-29-12-9-20(4)10-13-29;/h6-8,15,19-20,23H,5,9-14,16-18H2,1-4H3,(H2,26,27,28);1H. The second-order valence-corrected chi connectivity index (χ2v) is 9.54. The summed E-state index contributed by atoms with van der Waals surface area (Å²) in [5.41, 5.74) is 2.61. The number of piperidine rings is 1. The molecule has 1 aromatic rings. The lowest BCUT2D eigenvalue weighted by Gasteiger charge is -2.30. The number of nitrogens with one attached hydrogen (secondary N) is 2. The Labute approximate surface area is 211 Å². The van der Waals surface area contributed by atoms with Gasteiger partial charge in [-0.2, -0.15) is 0 Å². The van der Waals surface area contributed by atoms with Gasteiger partial charge in [-0.15, -0.1) is 24.0 Å². The Hall–Kier alpha value is -1.35. The van der Waals surface area contributed by atoms with Crippen LogP contribution in [0.1, 0.15) is 58.1 Å². The van der Waals surface area contributed by atoms with Crippen LogP contribution in [-0.4, -0.2) is 60.4 Å². The van der Waals surface area contributed by atoms with Crippen molar-refractivity contribution in [2.75, 3.05) is 32.7 Å². The molecular formula is C25H42IN5O. The van der Waals surface area contributed by atoms with Crippen LogP contribution in [0.3, 0.4) is 0 Å². The SMILES string of the molecule is CCNC(=NCc1cccc(CN2CCC(C)CC2)c1)NC1CCN(C(=O)C(C)C)C1.I. The smallest absolute Gasteiger partial charge is 0.225 e. The quantitative estimate of drug-likeness (QED) is 0.305. The molecule has 2 aliphatic heterocycles. The Morgan fingerprint density at radius 3 is 2.56 bits per heavy atom. The number of hydrogen-bond acceptors (Lipinski definition) is 3. The van der Waals surface area contributed by atoms with Crippen molar-refractivity contribution in [1.29, 1.82) is 0 Å². The monoisotopic (exact) mass is 555 g/mol. The van der Waals surface area contributed by atoms with Gasteiger partial charge in [-0.1, -0.05) is 45.0 Å². The van der Waals surface area contributed by atoms with Gasteiger partial charge in [-0.3, -0.25) is 9.69 Å². The first-order valence-corrected chi connectivity index (χ1v) is 12.1. The Morgan fingerprint density at radius 2 is 1.88 bits per heavy atom. The Balaban J connectivity index is 0.00000363. The van der Waals surface area contributed by atoms with Crippen LogP contribution in [0.15, 0.2) is 29.3 Å². The number of rotatable bonds is 7. The number of halogens is 1. The molecule has 2 aliphatic rings. The van der Waals surface area contributed by atoms with E-state index >= 15 is 0 Å². The molecule has 7 heteroatoms. The van der Waals surface area contributed by atoms with Crippen LogP contribution in [0.25, 0.3) is 0 Å². The van der Waals surface area contributed by atoms with Gasteiger partial charge >= 0.3 is 0 Å². The van der Waals surface area contributed by atoms with E-state index in [1.807, 2.05) is 18.7 Å². The highest BCUT2D eigenvalue weighted by atomic mass is 127. The van der Waals surface area contributed by atoms with Crippen molar-refractivity contribution >= 4 is 35.8 Å². The number of nitrogens with zero attached hydrogens (tertiary/aromatic N) is 3. The van der Waals surface area contributed by atoms with Gasteiger partial charge < -0.3 is 15.5 Å². The highest BCUT2D eigenvalue weighted by molar-refractivity contribution is 14.0. The largest absolute Gasteiger partial charge is 0.357 e. The minimum absolute atomic E-state index is 0. The van der Waals surface area contributed by atoms with Crippen LogP contribution in [0.4, 0.5) is 0 Å². The molecule has 2 N–H and O–H groups in total. The van der Waals surface area contributed by atoms with Crippen LogP contribution in [0.5, 0.6) is 0 Å². The van der Waals surface area contributed by atoms with Crippen LogP contribution in [-0.2, 0) is 17.9 Å². The minimum Gasteiger partial charge on any atom is -0.357 e. The van der Waals surface area contributed by atoms with E-state index in [4.69, 9.17) is 4.99 Å². The molecule has 1 atom stereocenters. The van der Waals surface area contributed by atoms with Crippen molar-refractivity contribution in [1.82, 2.24) is 20.4 Å². The highest BCUT2D eigenvalue weighted by Crippen LogP contribution is 2.19. The molecule has 2 saturated heterocycles. The molecule has 1 amide bonds. The molecule has 0 spiro atoms. The molecule has 6 nitrogen and oxygen atoms in total. The summed E-state index contributed by atoms with van der Waals surface area (Å²) < 4.78 is 0. The minimum atomic E-state index is 0. The summed E-state index contributed by atoms with van der Waals surface area (Å²) in [6.45, 7) is 14.9. The molecule has 32 heavy (non-hydrogen) atoms. The zero-order chi connectivity index (χ0) is 22.2. The van der Waals surface area contributed by atoms with Gasteiger partial charge in [0.05, 0.1) is 6.54 Å². The molecule has 1 unspecified atom stereocenters. The summed E-state index contributed by atoms with van der Waals surface area (Å²) in [5, 5.41) is 6.89. The van der Waals surface area contributed by atoms with E-state index in [-0.39, 0.29) is 41.8 Å². The van der Waals surface area contributed by atoms with E-state index < -0.39 is 0 Å². The number of likely N-dealkylation sites (tertiary alicyclic amines) is 2. The van der Waals surface area contributed by atoms with Crippen molar-refractivity contribution in [2.24, 2.45) is 16.8 Å². The van der Waals surface area contributed by atoms with Gasteiger partial charge in [-0.25, -0.2) is 4.99 Å². The van der Waals surface area contributed by atoms with Gasteiger partial charge in [0, 0.05) is 38.1 Å². The zero-order valence-corrected chi connectivity index (χ0v) is 22.6. The lowest BCUT2D eigenvalue weighted by Crippen LogP contribution is -2.45. The fraction of sp³-hybridized carbons (Fsp3) is 0.680. The Bertz CT molecular complexity index is 746. The predicted octanol–water partition coefficient (Wildman–Crippen LogP) is 3.85. The molecule has 180 valence electrons. The Morgan fingerprint density at radius 1 is 1.16 bits per heavy atom. The summed E-state index contributed by atoms with van der Waals surface area (Å²) in [5.74, 6) is 2.00. The van der Waals surface area contributed by atoms with E-state index in [2.05, 4.69) is 53.6 Å². The summed E-state index contributed by atoms with van der Waals surface area (Å²) >= 11 is 0. The van der Waals surface area contributed by atoms with E-state index in [0.717, 1.165) is 44.5 Å². The maximum Gasteiger partial charge on any atom is 0.225 e. The van der Waals surface area contributed by atoms with Crippen molar-refractivity contribution < 1.29 is 4.79 Å². The van der Waals surface area contributed by atoms with Crippen LogP contribution < -0.4 is 10.6 Å². The predicted molar refractivity (Wildman–Crippen MR) is 143 cm³/mol. The molecule has 3 rings (SSSR count). The van der Waals surface area contributed by atoms with Crippen LogP contribution >= 0.6 is 24.0 Å². The number of amides is 1. The molecule has 0 aromatic heterocycles. The fourth-order valence-electron chi connectivity index (χ4n) is 4.43. The molecule has 0 saturated carbocycles. The maximum atomic E-state index is 12.3. The van der Waals surface area contributed by atoms with E-state index in [1.165, 1.54) is 37.1 Å². The van der Waals surface area contributed by atoms with Crippen molar-refractivity contribution in [2.45, 2.75) is 66.1 Å². The first-order chi connectivity index (χ1) is 14.9. The molecule has 0 bridgehead atoms. The third-order valence-corrected chi connectivity index (χ3v) is 6.37. The van der Waals surface area contributed by atoms with Crippen LogP contribution in [0.2, 0.25) is 0 Å². The molecule has 0 aliphatic carbocycles. The molecule has 2 fully saturated rings. The lowest BCUT2D eigenvalue weighted by molar-refractivity contribution is -0.133. The highest BCUT2D eigenvalue weighted by Gasteiger charge is 2.28. The van der Waals surface area contributed by atoms with Gasteiger partial charge in [-0.05, 0) is 56.3 Å². The normalized spacial score (nSPS) is 20.3. The van der Waals surface area contributed by atoms with Gasteiger partial charge in [0.2, 0.25) is 5.91 Å². The molecular weight excluding hydrogens is 513 g/mol. The molecule has 0 radical (unpaired) electrons. The van der Waals surface area contributed by atoms with Gasteiger partial charge in [0.15, 0.2) is 5.96 Å².